The van der Waals surface area contributed by atoms with Crippen molar-refractivity contribution in [1.29, 1.82) is 0 Å². The van der Waals surface area contributed by atoms with E-state index in [1.54, 1.807) is 0 Å². The normalized spacial score (nSPS) is 26.4. The maximum absolute atomic E-state index is 9.09. The summed E-state index contributed by atoms with van der Waals surface area (Å²) < 4.78 is 11.3. The Morgan fingerprint density at radius 3 is 2.50 bits per heavy atom. The predicted octanol–water partition coefficient (Wildman–Crippen LogP) is 0.500. The molecule has 0 aliphatic carbocycles. The van der Waals surface area contributed by atoms with Gasteiger partial charge < -0.3 is 19.9 Å². The Labute approximate surface area is 85.6 Å². The van der Waals surface area contributed by atoms with Gasteiger partial charge in [-0.25, -0.2) is 0 Å². The van der Waals surface area contributed by atoms with Crippen molar-refractivity contribution in [3.63, 3.8) is 0 Å². The molecular formula is C10H21NO3. The highest BCUT2D eigenvalue weighted by Crippen LogP contribution is 2.27. The zero-order valence-electron chi connectivity index (χ0n) is 9.08. The number of rotatable bonds is 5. The van der Waals surface area contributed by atoms with Crippen molar-refractivity contribution in [2.75, 3.05) is 26.4 Å². The standard InChI is InChI=1S/C10H21NO3/c1-3-13-10(14-4-2)5-6-11-9(7-10)8-12/h9,11-12H,3-8H2,1-2H3/t9-/m1/s1. The molecule has 0 aromatic heterocycles. The van der Waals surface area contributed by atoms with Crippen molar-refractivity contribution in [2.24, 2.45) is 0 Å². The molecule has 1 saturated heterocycles. The molecular weight excluding hydrogens is 182 g/mol. The smallest absolute Gasteiger partial charge is 0.171 e. The first-order valence-corrected chi connectivity index (χ1v) is 5.38. The van der Waals surface area contributed by atoms with E-state index in [0.29, 0.717) is 13.2 Å². The second kappa shape index (κ2) is 5.66. The molecule has 0 aromatic carbocycles. The van der Waals surface area contributed by atoms with Gasteiger partial charge in [0.2, 0.25) is 0 Å². The van der Waals surface area contributed by atoms with Crippen LogP contribution in [0.3, 0.4) is 0 Å². The van der Waals surface area contributed by atoms with Crippen LogP contribution in [0.4, 0.5) is 0 Å². The number of ether oxygens (including phenoxy) is 2. The van der Waals surface area contributed by atoms with Crippen LogP contribution in [0.5, 0.6) is 0 Å². The fourth-order valence-electron chi connectivity index (χ4n) is 1.98. The number of hydrogen-bond acceptors (Lipinski definition) is 4. The van der Waals surface area contributed by atoms with Gasteiger partial charge in [0.1, 0.15) is 0 Å². The van der Waals surface area contributed by atoms with E-state index in [0.717, 1.165) is 19.4 Å². The summed E-state index contributed by atoms with van der Waals surface area (Å²) in [5.74, 6) is -0.470. The first-order chi connectivity index (χ1) is 6.76. The fourth-order valence-corrected chi connectivity index (χ4v) is 1.98. The monoisotopic (exact) mass is 203 g/mol. The highest BCUT2D eigenvalue weighted by molar-refractivity contribution is 4.84. The lowest BCUT2D eigenvalue weighted by Gasteiger charge is -2.40. The number of aliphatic hydroxyl groups is 1. The molecule has 1 atom stereocenters. The fraction of sp³-hybridized carbons (Fsp3) is 1.00. The van der Waals surface area contributed by atoms with E-state index < -0.39 is 5.79 Å². The Balaban J connectivity index is 2.55. The van der Waals surface area contributed by atoms with Crippen molar-refractivity contribution >= 4 is 0 Å². The van der Waals surface area contributed by atoms with Gasteiger partial charge in [0, 0.05) is 38.6 Å². The maximum Gasteiger partial charge on any atom is 0.171 e. The molecule has 0 amide bonds. The largest absolute Gasteiger partial charge is 0.395 e. The quantitative estimate of drug-likeness (QED) is 0.639. The van der Waals surface area contributed by atoms with Crippen LogP contribution in [0.1, 0.15) is 26.7 Å². The molecule has 4 heteroatoms. The molecule has 84 valence electrons. The summed E-state index contributed by atoms with van der Waals surface area (Å²) in [4.78, 5) is 0. The molecule has 0 spiro atoms. The minimum Gasteiger partial charge on any atom is -0.395 e. The molecule has 0 unspecified atom stereocenters. The van der Waals surface area contributed by atoms with E-state index in [1.807, 2.05) is 13.8 Å². The van der Waals surface area contributed by atoms with Gasteiger partial charge in [-0.2, -0.15) is 0 Å². The van der Waals surface area contributed by atoms with Crippen molar-refractivity contribution in [3.05, 3.63) is 0 Å². The SMILES string of the molecule is CCOC1(OCC)CCN[C@@H](CO)C1. The van der Waals surface area contributed by atoms with E-state index in [-0.39, 0.29) is 12.6 Å². The molecule has 1 aliphatic rings. The first kappa shape index (κ1) is 11.9. The maximum atomic E-state index is 9.09. The summed E-state index contributed by atoms with van der Waals surface area (Å²) >= 11 is 0. The van der Waals surface area contributed by atoms with Crippen molar-refractivity contribution < 1.29 is 14.6 Å². The van der Waals surface area contributed by atoms with Crippen molar-refractivity contribution in [3.8, 4) is 0 Å². The van der Waals surface area contributed by atoms with Gasteiger partial charge in [0.25, 0.3) is 0 Å². The van der Waals surface area contributed by atoms with Crippen LogP contribution in [0.2, 0.25) is 0 Å². The third-order valence-corrected chi connectivity index (χ3v) is 2.53. The second-order valence-corrected chi connectivity index (χ2v) is 3.56. The van der Waals surface area contributed by atoms with E-state index >= 15 is 0 Å². The summed E-state index contributed by atoms with van der Waals surface area (Å²) in [5, 5.41) is 12.3. The molecule has 1 rings (SSSR count). The number of nitrogens with one attached hydrogen (secondary N) is 1. The summed E-state index contributed by atoms with van der Waals surface area (Å²) in [5.41, 5.74) is 0. The number of piperidine rings is 1. The molecule has 0 radical (unpaired) electrons. The summed E-state index contributed by atoms with van der Waals surface area (Å²) in [7, 11) is 0. The Bertz CT molecular complexity index is 152. The van der Waals surface area contributed by atoms with Crippen LogP contribution in [0, 0.1) is 0 Å². The van der Waals surface area contributed by atoms with E-state index in [1.165, 1.54) is 0 Å². The zero-order valence-corrected chi connectivity index (χ0v) is 9.08. The van der Waals surface area contributed by atoms with Crippen LogP contribution in [-0.4, -0.2) is 43.3 Å². The molecule has 0 saturated carbocycles. The lowest BCUT2D eigenvalue weighted by molar-refractivity contribution is -0.251. The minimum absolute atomic E-state index is 0.0989. The van der Waals surface area contributed by atoms with Crippen molar-refractivity contribution in [1.82, 2.24) is 5.32 Å². The van der Waals surface area contributed by atoms with Gasteiger partial charge in [-0.05, 0) is 13.8 Å². The highest BCUT2D eigenvalue weighted by atomic mass is 16.7. The van der Waals surface area contributed by atoms with Gasteiger partial charge >= 0.3 is 0 Å². The molecule has 2 N–H and O–H groups in total. The Morgan fingerprint density at radius 2 is 2.00 bits per heavy atom. The van der Waals surface area contributed by atoms with Gasteiger partial charge in [-0.1, -0.05) is 0 Å². The average molecular weight is 203 g/mol. The van der Waals surface area contributed by atoms with Crippen molar-refractivity contribution in [2.45, 2.75) is 38.5 Å². The number of aliphatic hydroxyl groups excluding tert-OH is 1. The predicted molar refractivity (Wildman–Crippen MR) is 54.1 cm³/mol. The van der Waals surface area contributed by atoms with Crippen LogP contribution in [0.25, 0.3) is 0 Å². The highest BCUT2D eigenvalue weighted by Gasteiger charge is 2.37. The zero-order chi connectivity index (χ0) is 10.4. The Morgan fingerprint density at radius 1 is 1.36 bits per heavy atom. The Hall–Kier alpha value is -0.160. The van der Waals surface area contributed by atoms with Crippen LogP contribution in [0.15, 0.2) is 0 Å². The van der Waals surface area contributed by atoms with Crippen LogP contribution < -0.4 is 5.32 Å². The molecule has 0 bridgehead atoms. The first-order valence-electron chi connectivity index (χ1n) is 5.38. The molecule has 4 nitrogen and oxygen atoms in total. The van der Waals surface area contributed by atoms with Gasteiger partial charge in [0.05, 0.1) is 6.61 Å². The lowest BCUT2D eigenvalue weighted by atomic mass is 9.98. The molecule has 1 fully saturated rings. The molecule has 1 heterocycles. The van der Waals surface area contributed by atoms with Gasteiger partial charge in [0.15, 0.2) is 5.79 Å². The third kappa shape index (κ3) is 2.92. The second-order valence-electron chi connectivity index (χ2n) is 3.56. The van der Waals surface area contributed by atoms with E-state index in [4.69, 9.17) is 14.6 Å². The topological polar surface area (TPSA) is 50.7 Å². The Kier molecular flexibility index (Phi) is 4.81. The minimum atomic E-state index is -0.470. The lowest BCUT2D eigenvalue weighted by Crippen LogP contribution is -2.52. The molecule has 1 aliphatic heterocycles. The number of hydrogen-bond donors (Lipinski definition) is 2. The molecule has 14 heavy (non-hydrogen) atoms. The van der Waals surface area contributed by atoms with E-state index in [2.05, 4.69) is 5.32 Å². The van der Waals surface area contributed by atoms with Crippen LogP contribution in [-0.2, 0) is 9.47 Å². The van der Waals surface area contributed by atoms with Gasteiger partial charge in [-0.15, -0.1) is 0 Å². The van der Waals surface area contributed by atoms with Gasteiger partial charge in [-0.3, -0.25) is 0 Å². The van der Waals surface area contributed by atoms with Crippen LogP contribution >= 0.6 is 0 Å². The average Bonchev–Trinajstić information content (AvgIpc) is 2.19. The summed E-state index contributed by atoms with van der Waals surface area (Å²) in [6, 6.07) is 0.0989. The summed E-state index contributed by atoms with van der Waals surface area (Å²) in [6.45, 7) is 6.22. The van der Waals surface area contributed by atoms with E-state index in [9.17, 15) is 0 Å². The third-order valence-electron chi connectivity index (χ3n) is 2.53. The summed E-state index contributed by atoms with van der Waals surface area (Å²) in [6.07, 6.45) is 1.58. The molecule has 0 aromatic rings.